The molecule has 3 aromatic carbocycles. The van der Waals surface area contributed by atoms with Crippen LogP contribution in [0.25, 0.3) is 10.8 Å². The van der Waals surface area contributed by atoms with Crippen molar-refractivity contribution in [3.63, 3.8) is 0 Å². The molecule has 0 aliphatic rings. The van der Waals surface area contributed by atoms with Gasteiger partial charge >= 0.3 is 0 Å². The van der Waals surface area contributed by atoms with Crippen LogP contribution in [0.5, 0.6) is 17.2 Å². The number of amides is 1. The van der Waals surface area contributed by atoms with Crippen LogP contribution in [0.4, 0.5) is 0 Å². The number of carbonyl (C=O) groups excluding carboxylic acids is 1. The number of carbonyl (C=O) groups is 1. The fourth-order valence-corrected chi connectivity index (χ4v) is 3.02. The van der Waals surface area contributed by atoms with Crippen LogP contribution in [0.2, 0.25) is 0 Å². The van der Waals surface area contributed by atoms with Crippen molar-refractivity contribution >= 4 is 28.6 Å². The maximum absolute atomic E-state index is 12.0. The minimum absolute atomic E-state index is 0.0569. The molecule has 0 bridgehead atoms. The Bertz CT molecular complexity index is 913. The minimum Gasteiger partial charge on any atom is -0.493 e. The van der Waals surface area contributed by atoms with Gasteiger partial charge in [0.15, 0.2) is 18.1 Å². The molecule has 5 nitrogen and oxygen atoms in total. The third-order valence-electron chi connectivity index (χ3n) is 3.73. The Labute approximate surface area is 156 Å². The summed E-state index contributed by atoms with van der Waals surface area (Å²) < 4.78 is 18.8. The number of fused-ring (bicyclic) bond motifs is 1. The summed E-state index contributed by atoms with van der Waals surface area (Å²) >= 11 is 1.20. The third-order valence-corrected chi connectivity index (χ3v) is 4.55. The van der Waals surface area contributed by atoms with Crippen LogP contribution < -0.4 is 18.9 Å². The van der Waals surface area contributed by atoms with Crippen LogP contribution in [0.1, 0.15) is 0 Å². The second kappa shape index (κ2) is 8.49. The molecule has 3 rings (SSSR count). The zero-order valence-electron chi connectivity index (χ0n) is 14.5. The molecule has 1 amide bonds. The first-order valence-corrected chi connectivity index (χ1v) is 8.80. The number of benzene rings is 3. The maximum Gasteiger partial charge on any atom is 0.267 e. The first-order chi connectivity index (χ1) is 12.7. The zero-order valence-corrected chi connectivity index (χ0v) is 15.3. The largest absolute Gasteiger partial charge is 0.493 e. The fourth-order valence-electron chi connectivity index (χ4n) is 2.43. The second-order valence-corrected chi connectivity index (χ2v) is 6.32. The Balaban J connectivity index is 1.53. The molecule has 0 atom stereocenters. The van der Waals surface area contributed by atoms with Gasteiger partial charge in [-0.05, 0) is 53.1 Å². The van der Waals surface area contributed by atoms with Crippen molar-refractivity contribution in [1.29, 1.82) is 0 Å². The van der Waals surface area contributed by atoms with E-state index in [9.17, 15) is 4.79 Å². The van der Waals surface area contributed by atoms with Crippen molar-refractivity contribution in [2.24, 2.45) is 0 Å². The normalized spacial score (nSPS) is 10.4. The first kappa shape index (κ1) is 17.9. The van der Waals surface area contributed by atoms with E-state index in [0.29, 0.717) is 17.2 Å². The van der Waals surface area contributed by atoms with Crippen LogP contribution in [0, 0.1) is 0 Å². The van der Waals surface area contributed by atoms with Gasteiger partial charge in [-0.15, -0.1) is 0 Å². The molecule has 0 aliphatic heterocycles. The van der Waals surface area contributed by atoms with E-state index in [2.05, 4.69) is 4.72 Å². The van der Waals surface area contributed by atoms with Gasteiger partial charge in [0, 0.05) is 4.90 Å². The molecule has 0 radical (unpaired) electrons. The van der Waals surface area contributed by atoms with Crippen molar-refractivity contribution in [3.05, 3.63) is 60.7 Å². The molecule has 0 spiro atoms. The molecule has 0 unspecified atom stereocenters. The zero-order chi connectivity index (χ0) is 18.4. The van der Waals surface area contributed by atoms with Gasteiger partial charge < -0.3 is 14.2 Å². The van der Waals surface area contributed by atoms with Gasteiger partial charge in [-0.25, -0.2) is 0 Å². The number of hydrogen-bond donors (Lipinski definition) is 1. The summed E-state index contributed by atoms with van der Waals surface area (Å²) in [6.07, 6.45) is 0. The lowest BCUT2D eigenvalue weighted by atomic mass is 10.1. The molecular formula is C20H19NO4S. The topological polar surface area (TPSA) is 56.8 Å². The standard InChI is InChI=1S/C20H19NO4S/c1-23-18-10-9-17(12-19(18)24-2)26-21-20(22)13-25-16-8-7-14-5-3-4-6-15(14)11-16/h3-12H,13H2,1-2H3,(H,21,22). The quantitative estimate of drug-likeness (QED) is 0.637. The van der Waals surface area contributed by atoms with Gasteiger partial charge in [0.1, 0.15) is 5.75 Å². The summed E-state index contributed by atoms with van der Waals surface area (Å²) in [6, 6.07) is 19.2. The van der Waals surface area contributed by atoms with Crippen molar-refractivity contribution in [1.82, 2.24) is 4.72 Å². The van der Waals surface area contributed by atoms with Crippen LogP contribution in [-0.4, -0.2) is 26.7 Å². The number of hydrogen-bond acceptors (Lipinski definition) is 5. The third kappa shape index (κ3) is 4.40. The molecule has 0 aliphatic carbocycles. The molecule has 1 N–H and O–H groups in total. The molecule has 6 heteroatoms. The van der Waals surface area contributed by atoms with E-state index in [-0.39, 0.29) is 12.5 Å². The monoisotopic (exact) mass is 369 g/mol. The lowest BCUT2D eigenvalue weighted by Gasteiger charge is -2.10. The average Bonchev–Trinajstić information content (AvgIpc) is 2.70. The highest BCUT2D eigenvalue weighted by Crippen LogP contribution is 2.30. The van der Waals surface area contributed by atoms with Crippen molar-refractivity contribution in [2.75, 3.05) is 20.8 Å². The minimum atomic E-state index is -0.224. The molecule has 26 heavy (non-hydrogen) atoms. The number of methoxy groups -OCH3 is 2. The highest BCUT2D eigenvalue weighted by molar-refractivity contribution is 7.98. The first-order valence-electron chi connectivity index (χ1n) is 7.99. The highest BCUT2D eigenvalue weighted by Gasteiger charge is 2.08. The molecule has 3 aromatic rings. The highest BCUT2D eigenvalue weighted by atomic mass is 32.2. The van der Waals surface area contributed by atoms with Crippen molar-refractivity contribution < 1.29 is 19.0 Å². The van der Waals surface area contributed by atoms with Gasteiger partial charge in [0.2, 0.25) is 0 Å². The van der Waals surface area contributed by atoms with E-state index >= 15 is 0 Å². The molecular weight excluding hydrogens is 350 g/mol. The Morgan fingerprint density at radius 2 is 1.69 bits per heavy atom. The van der Waals surface area contributed by atoms with Crippen LogP contribution in [0.15, 0.2) is 65.6 Å². The average molecular weight is 369 g/mol. The van der Waals surface area contributed by atoms with Crippen molar-refractivity contribution in [2.45, 2.75) is 4.90 Å². The molecule has 134 valence electrons. The summed E-state index contributed by atoms with van der Waals surface area (Å²) in [5, 5.41) is 2.21. The Morgan fingerprint density at radius 1 is 0.923 bits per heavy atom. The molecule has 0 fully saturated rings. The number of ether oxygens (including phenoxy) is 3. The summed E-state index contributed by atoms with van der Waals surface area (Å²) in [6.45, 7) is -0.0569. The lowest BCUT2D eigenvalue weighted by Crippen LogP contribution is -2.23. The molecule has 0 aromatic heterocycles. The molecule has 0 saturated carbocycles. The van der Waals surface area contributed by atoms with Crippen LogP contribution in [-0.2, 0) is 4.79 Å². The summed E-state index contributed by atoms with van der Waals surface area (Å²) in [7, 11) is 3.15. The van der Waals surface area contributed by atoms with Crippen molar-refractivity contribution in [3.8, 4) is 17.2 Å². The van der Waals surface area contributed by atoms with Gasteiger partial charge in [0.05, 0.1) is 14.2 Å². The van der Waals surface area contributed by atoms with Crippen LogP contribution in [0.3, 0.4) is 0 Å². The Hall–Kier alpha value is -2.86. The van der Waals surface area contributed by atoms with Gasteiger partial charge in [0.25, 0.3) is 5.91 Å². The van der Waals surface area contributed by atoms with Gasteiger partial charge in [-0.3, -0.25) is 9.52 Å². The Kier molecular flexibility index (Phi) is 5.86. The molecule has 0 heterocycles. The maximum atomic E-state index is 12.0. The van der Waals surface area contributed by atoms with E-state index in [1.165, 1.54) is 11.9 Å². The predicted molar refractivity (Wildman–Crippen MR) is 103 cm³/mol. The fraction of sp³-hybridized carbons (Fsp3) is 0.150. The van der Waals surface area contributed by atoms with E-state index in [1.54, 1.807) is 26.4 Å². The van der Waals surface area contributed by atoms with E-state index in [1.807, 2.05) is 48.5 Å². The SMILES string of the molecule is COc1ccc(SNC(=O)COc2ccc3ccccc3c2)cc1OC. The number of nitrogens with one attached hydrogen (secondary N) is 1. The van der Waals surface area contributed by atoms with Gasteiger partial charge in [-0.1, -0.05) is 30.3 Å². The van der Waals surface area contributed by atoms with E-state index in [4.69, 9.17) is 14.2 Å². The second-order valence-electron chi connectivity index (χ2n) is 5.44. The van der Waals surface area contributed by atoms with Gasteiger partial charge in [-0.2, -0.15) is 0 Å². The summed E-state index contributed by atoms with van der Waals surface area (Å²) in [4.78, 5) is 12.9. The molecule has 0 saturated heterocycles. The smallest absolute Gasteiger partial charge is 0.267 e. The summed E-state index contributed by atoms with van der Waals surface area (Å²) in [5.74, 6) is 1.69. The van der Waals surface area contributed by atoms with E-state index < -0.39 is 0 Å². The summed E-state index contributed by atoms with van der Waals surface area (Å²) in [5.41, 5.74) is 0. The Morgan fingerprint density at radius 3 is 2.46 bits per heavy atom. The van der Waals surface area contributed by atoms with E-state index in [0.717, 1.165) is 15.7 Å². The lowest BCUT2D eigenvalue weighted by molar-refractivity contribution is -0.121. The van der Waals surface area contributed by atoms with Crippen LogP contribution >= 0.6 is 11.9 Å². The number of rotatable bonds is 7. The predicted octanol–water partition coefficient (Wildman–Crippen LogP) is 4.06.